The quantitative estimate of drug-likeness (QED) is 0.626. The van der Waals surface area contributed by atoms with Crippen LogP contribution in [-0.4, -0.2) is 19.1 Å². The van der Waals surface area contributed by atoms with E-state index >= 15 is 0 Å². The Morgan fingerprint density at radius 1 is 1.15 bits per heavy atom. The van der Waals surface area contributed by atoms with Crippen molar-refractivity contribution < 1.29 is 14.8 Å². The molecule has 0 fully saturated rings. The van der Waals surface area contributed by atoms with Gasteiger partial charge in [-0.2, -0.15) is 0 Å². The minimum atomic E-state index is -0.305. The van der Waals surface area contributed by atoms with Crippen molar-refractivity contribution in [1.29, 1.82) is 0 Å². The zero-order valence-electron chi connectivity index (χ0n) is 15.2. The summed E-state index contributed by atoms with van der Waals surface area (Å²) in [7, 11) is 1.57. The second kappa shape index (κ2) is 9.04. The average Bonchev–Trinajstić information content (AvgIpc) is 3.21. The van der Waals surface area contributed by atoms with Crippen LogP contribution in [0.1, 0.15) is 23.4 Å². The molecule has 0 unspecified atom stereocenters. The molecule has 0 aliphatic rings. The van der Waals surface area contributed by atoms with Gasteiger partial charge in [0.2, 0.25) is 0 Å². The van der Waals surface area contributed by atoms with Crippen LogP contribution in [0.25, 0.3) is 0 Å². The number of nitrogens with one attached hydrogen (secondary N) is 1. The molecule has 2 atom stereocenters. The first-order valence-corrected chi connectivity index (χ1v) is 9.92. The van der Waals surface area contributed by atoms with Crippen LogP contribution in [0.2, 0.25) is 5.02 Å². The molecule has 0 radical (unpaired) electrons. The molecule has 4 nitrogen and oxygen atoms in total. The van der Waals surface area contributed by atoms with Gasteiger partial charge in [0.15, 0.2) is 6.04 Å². The van der Waals surface area contributed by atoms with Crippen molar-refractivity contribution in [2.24, 2.45) is 0 Å². The Balaban J connectivity index is 1.77. The number of ether oxygens (including phenoxy) is 1. The lowest BCUT2D eigenvalue weighted by Gasteiger charge is -2.20. The summed E-state index contributed by atoms with van der Waals surface area (Å²) >= 11 is 7.75. The van der Waals surface area contributed by atoms with Crippen molar-refractivity contribution in [3.05, 3.63) is 81.5 Å². The first-order chi connectivity index (χ1) is 13.1. The molecule has 1 heterocycles. The van der Waals surface area contributed by atoms with Gasteiger partial charge in [-0.1, -0.05) is 48.0 Å². The monoisotopic (exact) mass is 401 g/mol. The molecular weight excluding hydrogens is 380 g/mol. The van der Waals surface area contributed by atoms with Crippen LogP contribution < -0.4 is 15.4 Å². The Hall–Kier alpha value is -2.34. The van der Waals surface area contributed by atoms with E-state index in [1.54, 1.807) is 36.6 Å². The summed E-state index contributed by atoms with van der Waals surface area (Å²) in [4.78, 5) is 14.0. The SMILES string of the molecule is COc1ccc(Cl)cc1NC(=O)[C@H](C)[NH2+][C@@H](c1ccccc1)c1cccs1. The standard InChI is InChI=1S/C21H21ClN2O2S/c1-14(21(25)24-17-13-16(22)10-11-18(17)26-2)23-20(19-9-6-12-27-19)15-7-4-3-5-8-15/h3-14,20,23H,1-2H3,(H,24,25)/p+1/t14-,20-/m0/s1. The number of hydrogen-bond donors (Lipinski definition) is 2. The number of benzene rings is 2. The predicted molar refractivity (Wildman–Crippen MR) is 111 cm³/mol. The number of amides is 1. The molecular formula is C21H22ClN2O2S+. The summed E-state index contributed by atoms with van der Waals surface area (Å²) in [5.74, 6) is 0.478. The molecule has 0 spiro atoms. The van der Waals surface area contributed by atoms with E-state index in [0.29, 0.717) is 16.5 Å². The molecule has 0 saturated heterocycles. The number of carbonyl (C=O) groups is 1. The summed E-state index contributed by atoms with van der Waals surface area (Å²) in [5.41, 5.74) is 1.74. The minimum absolute atomic E-state index is 0.0632. The number of halogens is 1. The molecule has 27 heavy (non-hydrogen) atoms. The molecule has 3 N–H and O–H groups in total. The van der Waals surface area contributed by atoms with Crippen LogP contribution in [0, 0.1) is 0 Å². The molecule has 0 bridgehead atoms. The van der Waals surface area contributed by atoms with Gasteiger partial charge in [0.05, 0.1) is 17.7 Å². The van der Waals surface area contributed by atoms with E-state index in [1.165, 1.54) is 10.4 Å². The second-order valence-corrected chi connectivity index (χ2v) is 7.63. The largest absolute Gasteiger partial charge is 0.495 e. The Morgan fingerprint density at radius 2 is 1.93 bits per heavy atom. The third kappa shape index (κ3) is 4.89. The maximum Gasteiger partial charge on any atom is 0.282 e. The van der Waals surface area contributed by atoms with Crippen LogP contribution in [0.3, 0.4) is 0 Å². The smallest absolute Gasteiger partial charge is 0.282 e. The highest BCUT2D eigenvalue weighted by molar-refractivity contribution is 7.10. The van der Waals surface area contributed by atoms with Gasteiger partial charge in [0, 0.05) is 10.6 Å². The highest BCUT2D eigenvalue weighted by Gasteiger charge is 2.26. The summed E-state index contributed by atoms with van der Waals surface area (Å²) in [6, 6.07) is 19.3. The number of thiophene rings is 1. The lowest BCUT2D eigenvalue weighted by Crippen LogP contribution is -2.92. The van der Waals surface area contributed by atoms with Crippen molar-refractivity contribution in [3.8, 4) is 5.75 Å². The summed E-state index contributed by atoms with van der Waals surface area (Å²) in [6.07, 6.45) is 0. The van der Waals surface area contributed by atoms with Crippen molar-refractivity contribution >= 4 is 34.5 Å². The van der Waals surface area contributed by atoms with E-state index in [1.807, 2.05) is 31.2 Å². The topological polar surface area (TPSA) is 54.9 Å². The van der Waals surface area contributed by atoms with Crippen molar-refractivity contribution in [2.45, 2.75) is 19.0 Å². The van der Waals surface area contributed by atoms with Crippen LogP contribution in [0.4, 0.5) is 5.69 Å². The third-order valence-electron chi connectivity index (χ3n) is 4.32. The molecule has 1 aromatic heterocycles. The van der Waals surface area contributed by atoms with E-state index in [9.17, 15) is 4.79 Å². The maximum absolute atomic E-state index is 12.8. The number of carbonyl (C=O) groups excluding carboxylic acids is 1. The van der Waals surface area contributed by atoms with E-state index < -0.39 is 0 Å². The number of rotatable bonds is 7. The summed E-state index contributed by atoms with van der Waals surface area (Å²) in [5, 5.41) is 7.61. The maximum atomic E-state index is 12.8. The van der Waals surface area contributed by atoms with Crippen LogP contribution >= 0.6 is 22.9 Å². The van der Waals surface area contributed by atoms with Gasteiger partial charge in [0.1, 0.15) is 11.8 Å². The fourth-order valence-corrected chi connectivity index (χ4v) is 3.90. The molecule has 2 aromatic carbocycles. The third-order valence-corrected chi connectivity index (χ3v) is 5.51. The van der Waals surface area contributed by atoms with Gasteiger partial charge in [-0.3, -0.25) is 4.79 Å². The fraction of sp³-hybridized carbons (Fsp3) is 0.190. The molecule has 1 amide bonds. The van der Waals surface area contributed by atoms with Crippen LogP contribution in [0.5, 0.6) is 5.75 Å². The zero-order chi connectivity index (χ0) is 19.2. The Labute approximate surface area is 168 Å². The number of methoxy groups -OCH3 is 1. The van der Waals surface area contributed by atoms with E-state index in [-0.39, 0.29) is 18.0 Å². The van der Waals surface area contributed by atoms with Gasteiger partial charge < -0.3 is 15.4 Å². The minimum Gasteiger partial charge on any atom is -0.495 e. The summed E-state index contributed by atoms with van der Waals surface area (Å²) < 4.78 is 5.31. The molecule has 3 aromatic rings. The van der Waals surface area contributed by atoms with Gasteiger partial charge >= 0.3 is 0 Å². The number of hydrogen-bond acceptors (Lipinski definition) is 3. The van der Waals surface area contributed by atoms with E-state index in [2.05, 4.69) is 34.2 Å². The average molecular weight is 402 g/mol. The fourth-order valence-electron chi connectivity index (χ4n) is 2.90. The normalized spacial score (nSPS) is 13.0. The lowest BCUT2D eigenvalue weighted by molar-refractivity contribution is -0.703. The lowest BCUT2D eigenvalue weighted by atomic mass is 10.0. The van der Waals surface area contributed by atoms with E-state index in [4.69, 9.17) is 16.3 Å². The molecule has 0 aliphatic carbocycles. The predicted octanol–water partition coefficient (Wildman–Crippen LogP) is 4.09. The molecule has 6 heteroatoms. The van der Waals surface area contributed by atoms with Gasteiger partial charge in [0.25, 0.3) is 5.91 Å². The highest BCUT2D eigenvalue weighted by Crippen LogP contribution is 2.28. The van der Waals surface area contributed by atoms with Gasteiger partial charge in [-0.25, -0.2) is 0 Å². The second-order valence-electron chi connectivity index (χ2n) is 6.22. The molecule has 3 rings (SSSR count). The Morgan fingerprint density at radius 3 is 2.59 bits per heavy atom. The summed E-state index contributed by atoms with van der Waals surface area (Å²) in [6.45, 7) is 1.90. The highest BCUT2D eigenvalue weighted by atomic mass is 35.5. The van der Waals surface area contributed by atoms with Gasteiger partial charge in [-0.05, 0) is 36.6 Å². The van der Waals surface area contributed by atoms with Gasteiger partial charge in [-0.15, -0.1) is 11.3 Å². The van der Waals surface area contributed by atoms with Crippen molar-refractivity contribution in [1.82, 2.24) is 0 Å². The molecule has 140 valence electrons. The zero-order valence-corrected chi connectivity index (χ0v) is 16.8. The number of quaternary nitrogens is 1. The number of anilines is 1. The van der Waals surface area contributed by atoms with E-state index in [0.717, 1.165) is 0 Å². The first-order valence-electron chi connectivity index (χ1n) is 8.66. The van der Waals surface area contributed by atoms with Crippen molar-refractivity contribution in [3.63, 3.8) is 0 Å². The Bertz CT molecular complexity index is 884. The van der Waals surface area contributed by atoms with Crippen molar-refractivity contribution in [2.75, 3.05) is 12.4 Å². The Kier molecular flexibility index (Phi) is 6.50. The molecule has 0 saturated carbocycles. The van der Waals surface area contributed by atoms with Crippen LogP contribution in [-0.2, 0) is 4.79 Å². The first kappa shape index (κ1) is 19.4. The number of nitrogens with two attached hydrogens (primary N) is 1. The molecule has 0 aliphatic heterocycles. The van der Waals surface area contributed by atoms with Crippen LogP contribution in [0.15, 0.2) is 66.0 Å².